The van der Waals surface area contributed by atoms with E-state index in [2.05, 4.69) is 31.2 Å². The second kappa shape index (κ2) is 10.6. The Kier molecular flexibility index (Phi) is 7.68. The summed E-state index contributed by atoms with van der Waals surface area (Å²) in [5.41, 5.74) is 3.54. The molecule has 164 valence electrons. The van der Waals surface area contributed by atoms with Crippen LogP contribution < -0.4 is 13.7 Å². The molecular weight excluding hydrogens is 420 g/mol. The van der Waals surface area contributed by atoms with E-state index in [0.29, 0.717) is 22.1 Å². The van der Waals surface area contributed by atoms with Crippen LogP contribution in [0.15, 0.2) is 102 Å². The maximum atomic E-state index is 12.4. The zero-order valence-corrected chi connectivity index (χ0v) is 18.1. The highest BCUT2D eigenvalue weighted by Crippen LogP contribution is 2.27. The Hall–Kier alpha value is -3.57. The van der Waals surface area contributed by atoms with Crippen molar-refractivity contribution in [3.05, 3.63) is 103 Å². The van der Waals surface area contributed by atoms with Gasteiger partial charge < -0.3 is 13.7 Å². The first-order valence-corrected chi connectivity index (χ1v) is 10.9. The number of benzene rings is 4. The third kappa shape index (κ3) is 5.77. The predicted octanol–water partition coefficient (Wildman–Crippen LogP) is 7.20. The first-order chi connectivity index (χ1) is 15.1. The number of ether oxygens (including phenoxy) is 2. The summed E-state index contributed by atoms with van der Waals surface area (Å²) in [6, 6.07) is 30.3. The Morgan fingerprint density at radius 2 is 1.03 bits per heavy atom. The van der Waals surface area contributed by atoms with Crippen LogP contribution in [0.3, 0.4) is 0 Å². The van der Waals surface area contributed by atoms with Crippen molar-refractivity contribution in [3.8, 4) is 34.1 Å². The molecule has 5 heteroatoms. The number of hydrogen-bond acceptors (Lipinski definition) is 4. The molecule has 4 aromatic carbocycles. The molecule has 0 amide bonds. The maximum absolute atomic E-state index is 12.4. The molecule has 0 aliphatic rings. The van der Waals surface area contributed by atoms with Crippen LogP contribution in [0.2, 0.25) is 0 Å². The van der Waals surface area contributed by atoms with Crippen molar-refractivity contribution in [3.63, 3.8) is 0 Å². The lowest BCUT2D eigenvalue weighted by Crippen LogP contribution is -2.01. The topological polar surface area (TPSA) is 44.8 Å². The zero-order valence-electron chi connectivity index (χ0n) is 17.3. The lowest BCUT2D eigenvalue weighted by Gasteiger charge is -2.09. The highest BCUT2D eigenvalue weighted by molar-refractivity contribution is 7.80. The second-order valence-electron chi connectivity index (χ2n) is 6.96. The molecule has 0 aliphatic heterocycles. The van der Waals surface area contributed by atoms with Crippen molar-refractivity contribution < 1.29 is 17.9 Å². The summed E-state index contributed by atoms with van der Waals surface area (Å²) in [4.78, 5) is 0.554. The van der Waals surface area contributed by atoms with E-state index < -0.39 is 11.1 Å². The summed E-state index contributed by atoms with van der Waals surface area (Å²) in [6.45, 7) is 2.08. The van der Waals surface area contributed by atoms with Crippen LogP contribution in [0, 0.1) is 6.92 Å². The van der Waals surface area contributed by atoms with Crippen LogP contribution in [0.4, 0.5) is 0 Å². The van der Waals surface area contributed by atoms with Crippen molar-refractivity contribution in [1.29, 1.82) is 0 Å². The molecule has 0 aliphatic carbocycles. The number of aryl methyl sites for hydroxylation is 1. The van der Waals surface area contributed by atoms with Gasteiger partial charge in [-0.3, -0.25) is 0 Å². The summed E-state index contributed by atoms with van der Waals surface area (Å²) in [7, 11) is 1.59. The Morgan fingerprint density at radius 1 is 0.594 bits per heavy atom. The van der Waals surface area contributed by atoms with E-state index in [4.69, 9.17) is 13.7 Å². The zero-order chi connectivity index (χ0) is 21.6. The van der Waals surface area contributed by atoms with Gasteiger partial charge in [0.25, 0.3) is 0 Å². The minimum Gasteiger partial charge on any atom is -0.497 e. The summed E-state index contributed by atoms with van der Waals surface area (Å²) in [5.74, 6) is 2.62. The summed E-state index contributed by atoms with van der Waals surface area (Å²) >= 11 is -1.62. The molecule has 0 aromatic heterocycles. The molecule has 0 spiro atoms. The van der Waals surface area contributed by atoms with Gasteiger partial charge in [0.05, 0.1) is 12.0 Å². The fourth-order valence-electron chi connectivity index (χ4n) is 2.98. The van der Waals surface area contributed by atoms with Crippen molar-refractivity contribution in [2.75, 3.05) is 7.11 Å². The van der Waals surface area contributed by atoms with Gasteiger partial charge in [-0.05, 0) is 78.7 Å². The lowest BCUT2D eigenvalue weighted by atomic mass is 10.0. The monoisotopic (exact) mass is 446 g/mol. The molecule has 0 saturated heterocycles. The third-order valence-corrected chi connectivity index (χ3v) is 5.72. The summed E-state index contributed by atoms with van der Waals surface area (Å²) < 4.78 is 29.0. The second-order valence-corrected chi connectivity index (χ2v) is 8.06. The van der Waals surface area contributed by atoms with E-state index in [1.54, 1.807) is 55.6 Å². The average molecular weight is 447 g/mol. The minimum absolute atomic E-state index is 0. The van der Waals surface area contributed by atoms with Crippen LogP contribution >= 0.6 is 0 Å². The molecule has 0 heterocycles. The highest BCUT2D eigenvalue weighted by Gasteiger charge is 2.08. The van der Waals surface area contributed by atoms with Gasteiger partial charge in [0.1, 0.15) is 23.0 Å². The molecule has 4 nitrogen and oxygen atoms in total. The fraction of sp³-hybridized carbons (Fsp3) is 0.111. The van der Waals surface area contributed by atoms with Crippen molar-refractivity contribution >= 4 is 11.1 Å². The Morgan fingerprint density at radius 3 is 1.56 bits per heavy atom. The van der Waals surface area contributed by atoms with Crippen LogP contribution in [0.5, 0.6) is 23.0 Å². The number of hydrogen-bond donors (Lipinski definition) is 0. The molecule has 0 saturated carbocycles. The van der Waals surface area contributed by atoms with Gasteiger partial charge in [-0.1, -0.05) is 49.4 Å². The molecule has 1 atom stereocenters. The van der Waals surface area contributed by atoms with Gasteiger partial charge >= 0.3 is 0 Å². The van der Waals surface area contributed by atoms with Crippen LogP contribution in [-0.2, 0) is 11.1 Å². The quantitative estimate of drug-likeness (QED) is 0.301. The van der Waals surface area contributed by atoms with Gasteiger partial charge in [0.2, 0.25) is 11.1 Å². The van der Waals surface area contributed by atoms with E-state index in [0.717, 1.165) is 11.3 Å². The van der Waals surface area contributed by atoms with Gasteiger partial charge in [0.15, 0.2) is 0 Å². The van der Waals surface area contributed by atoms with E-state index >= 15 is 0 Å². The largest absolute Gasteiger partial charge is 0.497 e. The molecular formula is C27H26O4S. The minimum atomic E-state index is -1.62. The Labute approximate surface area is 192 Å². The van der Waals surface area contributed by atoms with E-state index in [9.17, 15) is 4.21 Å². The molecule has 4 rings (SSSR count). The molecule has 0 N–H and O–H groups in total. The van der Waals surface area contributed by atoms with E-state index in [-0.39, 0.29) is 7.43 Å². The van der Waals surface area contributed by atoms with Crippen LogP contribution in [0.25, 0.3) is 11.1 Å². The molecule has 32 heavy (non-hydrogen) atoms. The lowest BCUT2D eigenvalue weighted by molar-refractivity contribution is 0.414. The first-order valence-electron chi connectivity index (χ1n) is 9.80. The summed E-state index contributed by atoms with van der Waals surface area (Å²) in [6.07, 6.45) is 0. The standard InChI is InChI=1S/C26H22O4S.CH4/c1-19-3-5-20(6-4-19)21-7-9-23(10-8-21)29-24-15-17-26(18-16-24)31(27)30-25-13-11-22(28-2)12-14-25;/h3-18H,1-2H3;1H4. The normalized spacial score (nSPS) is 11.2. The SMILES string of the molecule is C.COc1ccc(OS(=O)c2ccc(Oc3ccc(-c4ccc(C)cc4)cc3)cc2)cc1. The maximum Gasteiger partial charge on any atom is 0.240 e. The Bertz CT molecular complexity index is 1150. The molecule has 0 radical (unpaired) electrons. The van der Waals surface area contributed by atoms with Gasteiger partial charge in [-0.15, -0.1) is 0 Å². The van der Waals surface area contributed by atoms with E-state index in [1.807, 2.05) is 24.3 Å². The Balaban J connectivity index is 0.00000289. The molecule has 4 aromatic rings. The highest BCUT2D eigenvalue weighted by atomic mass is 32.2. The summed E-state index contributed by atoms with van der Waals surface area (Å²) in [5, 5.41) is 0. The fourth-order valence-corrected chi connectivity index (χ4v) is 3.72. The van der Waals surface area contributed by atoms with Crippen LogP contribution in [0.1, 0.15) is 13.0 Å². The molecule has 0 fully saturated rings. The number of rotatable bonds is 7. The van der Waals surface area contributed by atoms with Crippen LogP contribution in [-0.4, -0.2) is 11.3 Å². The van der Waals surface area contributed by atoms with Gasteiger partial charge in [-0.2, -0.15) is 0 Å². The first kappa shape index (κ1) is 23.1. The predicted molar refractivity (Wildman–Crippen MR) is 130 cm³/mol. The van der Waals surface area contributed by atoms with Crippen molar-refractivity contribution in [1.82, 2.24) is 0 Å². The third-order valence-electron chi connectivity index (χ3n) is 4.72. The smallest absolute Gasteiger partial charge is 0.240 e. The number of methoxy groups -OCH3 is 1. The van der Waals surface area contributed by atoms with Crippen molar-refractivity contribution in [2.24, 2.45) is 0 Å². The average Bonchev–Trinajstić information content (AvgIpc) is 2.81. The van der Waals surface area contributed by atoms with Crippen molar-refractivity contribution in [2.45, 2.75) is 19.2 Å². The molecule has 1 unspecified atom stereocenters. The van der Waals surface area contributed by atoms with Gasteiger partial charge in [0, 0.05) is 0 Å². The molecule has 0 bridgehead atoms. The van der Waals surface area contributed by atoms with Gasteiger partial charge in [-0.25, -0.2) is 4.21 Å². The van der Waals surface area contributed by atoms with E-state index in [1.165, 1.54) is 11.1 Å².